The summed E-state index contributed by atoms with van der Waals surface area (Å²) in [5.74, 6) is 1.09. The zero-order valence-electron chi connectivity index (χ0n) is 10.0. The number of allylic oxidation sites excluding steroid dienone is 6. The Balaban J connectivity index is 0.000000921. The Morgan fingerprint density at radius 1 is 1.33 bits per heavy atom. The van der Waals surface area contributed by atoms with Crippen LogP contribution in [0.15, 0.2) is 35.6 Å². The third-order valence-corrected chi connectivity index (χ3v) is 1.94. The SMILES string of the molecule is CC.COC1=CC=C(/C=C/C(C)=O)CC1. The average molecular weight is 208 g/mol. The maximum Gasteiger partial charge on any atom is 0.152 e. The van der Waals surface area contributed by atoms with Crippen molar-refractivity contribution in [2.75, 3.05) is 7.11 Å². The summed E-state index contributed by atoms with van der Waals surface area (Å²) in [5, 5.41) is 0. The molecular formula is C13H20O2. The first-order chi connectivity index (χ1) is 7.22. The van der Waals surface area contributed by atoms with E-state index < -0.39 is 0 Å². The summed E-state index contributed by atoms with van der Waals surface area (Å²) in [6, 6.07) is 0. The van der Waals surface area contributed by atoms with Crippen LogP contribution in [0.4, 0.5) is 0 Å². The highest BCUT2D eigenvalue weighted by Gasteiger charge is 2.03. The van der Waals surface area contributed by atoms with E-state index in [-0.39, 0.29) is 5.78 Å². The zero-order valence-corrected chi connectivity index (χ0v) is 10.0. The number of methoxy groups -OCH3 is 1. The summed E-state index contributed by atoms with van der Waals surface area (Å²) < 4.78 is 5.09. The molecule has 0 atom stereocenters. The number of ketones is 1. The van der Waals surface area contributed by atoms with E-state index in [1.165, 1.54) is 5.57 Å². The monoisotopic (exact) mass is 208 g/mol. The van der Waals surface area contributed by atoms with Gasteiger partial charge in [0.05, 0.1) is 12.9 Å². The number of hydrogen-bond acceptors (Lipinski definition) is 2. The molecule has 0 aliphatic heterocycles. The summed E-state index contributed by atoms with van der Waals surface area (Å²) in [5.41, 5.74) is 1.18. The molecule has 0 aromatic heterocycles. The number of carbonyl (C=O) groups is 1. The molecule has 0 bridgehead atoms. The van der Waals surface area contributed by atoms with Crippen LogP contribution in [0.5, 0.6) is 0 Å². The maximum atomic E-state index is 10.7. The number of ether oxygens (including phenoxy) is 1. The van der Waals surface area contributed by atoms with E-state index in [1.54, 1.807) is 20.1 Å². The third-order valence-electron chi connectivity index (χ3n) is 1.94. The first-order valence-electron chi connectivity index (χ1n) is 5.34. The van der Waals surface area contributed by atoms with Crippen molar-refractivity contribution in [2.45, 2.75) is 33.6 Å². The Kier molecular flexibility index (Phi) is 7.33. The van der Waals surface area contributed by atoms with Crippen LogP contribution in [0.1, 0.15) is 33.6 Å². The first kappa shape index (κ1) is 13.7. The molecule has 0 radical (unpaired) electrons. The third kappa shape index (κ3) is 5.89. The van der Waals surface area contributed by atoms with Gasteiger partial charge in [0.2, 0.25) is 0 Å². The van der Waals surface area contributed by atoms with Gasteiger partial charge >= 0.3 is 0 Å². The van der Waals surface area contributed by atoms with Crippen LogP contribution in [0.3, 0.4) is 0 Å². The van der Waals surface area contributed by atoms with Gasteiger partial charge in [-0.25, -0.2) is 0 Å². The van der Waals surface area contributed by atoms with Crippen molar-refractivity contribution in [1.29, 1.82) is 0 Å². The second-order valence-corrected chi connectivity index (χ2v) is 3.02. The largest absolute Gasteiger partial charge is 0.501 e. The van der Waals surface area contributed by atoms with Crippen molar-refractivity contribution in [2.24, 2.45) is 0 Å². The van der Waals surface area contributed by atoms with Crippen LogP contribution in [0.2, 0.25) is 0 Å². The minimum atomic E-state index is 0.0856. The van der Waals surface area contributed by atoms with E-state index in [1.807, 2.05) is 32.1 Å². The summed E-state index contributed by atoms with van der Waals surface area (Å²) in [7, 11) is 1.68. The predicted molar refractivity (Wildman–Crippen MR) is 63.6 cm³/mol. The van der Waals surface area contributed by atoms with Crippen LogP contribution >= 0.6 is 0 Å². The highest BCUT2D eigenvalue weighted by molar-refractivity contribution is 5.87. The van der Waals surface area contributed by atoms with Crippen LogP contribution in [0, 0.1) is 0 Å². The highest BCUT2D eigenvalue weighted by Crippen LogP contribution is 2.19. The fourth-order valence-electron chi connectivity index (χ4n) is 1.17. The van der Waals surface area contributed by atoms with Gasteiger partial charge in [-0.05, 0) is 31.1 Å². The Hall–Kier alpha value is -1.31. The standard InChI is InChI=1S/C11H14O2.C2H6/c1-9(12)3-4-10-5-7-11(13-2)8-6-10;1-2/h3-5,7H,6,8H2,1-2H3;1-2H3/b4-3+;. The fourth-order valence-corrected chi connectivity index (χ4v) is 1.17. The van der Waals surface area contributed by atoms with E-state index in [0.29, 0.717) is 0 Å². The zero-order chi connectivity index (χ0) is 11.7. The van der Waals surface area contributed by atoms with Gasteiger partial charge in [0.25, 0.3) is 0 Å². The quantitative estimate of drug-likeness (QED) is 0.664. The van der Waals surface area contributed by atoms with Crippen molar-refractivity contribution >= 4 is 5.78 Å². The lowest BCUT2D eigenvalue weighted by Gasteiger charge is -2.10. The molecule has 0 fully saturated rings. The molecule has 1 rings (SSSR count). The second kappa shape index (κ2) is 8.04. The normalized spacial score (nSPS) is 14.9. The molecule has 2 nitrogen and oxygen atoms in total. The Labute approximate surface area is 92.3 Å². The molecule has 0 N–H and O–H groups in total. The molecule has 0 aromatic carbocycles. The lowest BCUT2D eigenvalue weighted by atomic mass is 10.0. The second-order valence-electron chi connectivity index (χ2n) is 3.02. The number of rotatable bonds is 3. The molecule has 0 amide bonds. The van der Waals surface area contributed by atoms with Crippen LogP contribution < -0.4 is 0 Å². The van der Waals surface area contributed by atoms with Crippen molar-refractivity contribution in [1.82, 2.24) is 0 Å². The van der Waals surface area contributed by atoms with Gasteiger partial charge in [-0.3, -0.25) is 4.79 Å². The van der Waals surface area contributed by atoms with E-state index in [9.17, 15) is 4.79 Å². The molecule has 0 spiro atoms. The highest BCUT2D eigenvalue weighted by atomic mass is 16.5. The number of hydrogen-bond donors (Lipinski definition) is 0. The summed E-state index contributed by atoms with van der Waals surface area (Å²) in [4.78, 5) is 10.7. The van der Waals surface area contributed by atoms with E-state index in [0.717, 1.165) is 18.6 Å². The number of carbonyl (C=O) groups excluding carboxylic acids is 1. The molecule has 0 heterocycles. The molecule has 84 valence electrons. The van der Waals surface area contributed by atoms with E-state index in [2.05, 4.69) is 0 Å². The fraction of sp³-hybridized carbons (Fsp3) is 0.462. The molecule has 0 aromatic rings. The molecule has 0 unspecified atom stereocenters. The maximum absolute atomic E-state index is 10.7. The molecule has 2 heteroatoms. The Morgan fingerprint density at radius 2 is 2.00 bits per heavy atom. The summed E-state index contributed by atoms with van der Waals surface area (Å²) >= 11 is 0. The van der Waals surface area contributed by atoms with Crippen molar-refractivity contribution < 1.29 is 9.53 Å². The minimum Gasteiger partial charge on any atom is -0.501 e. The van der Waals surface area contributed by atoms with E-state index >= 15 is 0 Å². The molecule has 1 aliphatic rings. The average Bonchev–Trinajstić information content (AvgIpc) is 2.30. The topological polar surface area (TPSA) is 26.3 Å². The minimum absolute atomic E-state index is 0.0856. The predicted octanol–water partition coefficient (Wildman–Crippen LogP) is 3.41. The van der Waals surface area contributed by atoms with Gasteiger partial charge in [0.15, 0.2) is 5.78 Å². The lowest BCUT2D eigenvalue weighted by molar-refractivity contribution is -0.112. The van der Waals surface area contributed by atoms with Gasteiger partial charge in [0, 0.05) is 6.42 Å². The van der Waals surface area contributed by atoms with Crippen molar-refractivity contribution in [3.8, 4) is 0 Å². The van der Waals surface area contributed by atoms with Crippen LogP contribution in [0.25, 0.3) is 0 Å². The van der Waals surface area contributed by atoms with Gasteiger partial charge in [-0.1, -0.05) is 26.0 Å². The smallest absolute Gasteiger partial charge is 0.152 e. The van der Waals surface area contributed by atoms with Gasteiger partial charge in [-0.2, -0.15) is 0 Å². The van der Waals surface area contributed by atoms with Crippen LogP contribution in [-0.4, -0.2) is 12.9 Å². The Bertz CT molecular complexity index is 283. The first-order valence-corrected chi connectivity index (χ1v) is 5.34. The molecule has 1 aliphatic carbocycles. The van der Waals surface area contributed by atoms with Crippen molar-refractivity contribution in [3.05, 3.63) is 35.6 Å². The van der Waals surface area contributed by atoms with Gasteiger partial charge in [0.1, 0.15) is 0 Å². The molecular weight excluding hydrogens is 188 g/mol. The summed E-state index contributed by atoms with van der Waals surface area (Å²) in [6.07, 6.45) is 9.27. The van der Waals surface area contributed by atoms with E-state index in [4.69, 9.17) is 4.74 Å². The lowest BCUT2D eigenvalue weighted by Crippen LogP contribution is -1.94. The summed E-state index contributed by atoms with van der Waals surface area (Å²) in [6.45, 7) is 5.55. The molecule has 0 saturated carbocycles. The van der Waals surface area contributed by atoms with Crippen LogP contribution in [-0.2, 0) is 9.53 Å². The van der Waals surface area contributed by atoms with Gasteiger partial charge < -0.3 is 4.74 Å². The van der Waals surface area contributed by atoms with Gasteiger partial charge in [-0.15, -0.1) is 0 Å². The molecule has 0 saturated heterocycles. The molecule has 15 heavy (non-hydrogen) atoms. The van der Waals surface area contributed by atoms with Crippen molar-refractivity contribution in [3.63, 3.8) is 0 Å². The Morgan fingerprint density at radius 3 is 2.40 bits per heavy atom.